The van der Waals surface area contributed by atoms with E-state index in [1.165, 1.54) is 11.6 Å². The Hall–Kier alpha value is -1.87. The van der Waals surface area contributed by atoms with Crippen LogP contribution in [0.25, 0.3) is 0 Å². The first-order valence-electron chi connectivity index (χ1n) is 7.41. The number of nitrogens with one attached hydrogen (secondary N) is 1. The number of benzene rings is 2. The molecule has 0 radical (unpaired) electrons. The van der Waals surface area contributed by atoms with Gasteiger partial charge in [0.15, 0.2) is 0 Å². The Morgan fingerprint density at radius 1 is 1.05 bits per heavy atom. The Labute approximate surface area is 126 Å². The zero-order valence-electron chi connectivity index (χ0n) is 12.8. The highest BCUT2D eigenvalue weighted by Crippen LogP contribution is 2.25. The molecule has 3 heteroatoms. The second-order valence-corrected chi connectivity index (χ2v) is 5.10. The average Bonchev–Trinajstić information content (AvgIpc) is 2.49. The summed E-state index contributed by atoms with van der Waals surface area (Å²) in [7, 11) is 0. The van der Waals surface area contributed by atoms with Crippen molar-refractivity contribution in [2.75, 3.05) is 6.54 Å². The number of aryl methyl sites for hydroxylation is 1. The molecule has 0 saturated carbocycles. The fourth-order valence-corrected chi connectivity index (χ4v) is 2.29. The van der Waals surface area contributed by atoms with E-state index >= 15 is 0 Å². The standard InChI is InChI=1S/C18H22FNO/c1-4-18(20-5-2)14-7-10-15(11-8-14)21-16-9-6-13(3)17(19)12-16/h6-12,18,20H,4-5H2,1-3H3. The summed E-state index contributed by atoms with van der Waals surface area (Å²) in [5.74, 6) is 0.986. The number of hydrogen-bond acceptors (Lipinski definition) is 2. The molecule has 0 fully saturated rings. The highest BCUT2D eigenvalue weighted by molar-refractivity contribution is 5.35. The van der Waals surface area contributed by atoms with Crippen molar-refractivity contribution in [2.24, 2.45) is 0 Å². The highest BCUT2D eigenvalue weighted by Gasteiger charge is 2.08. The number of hydrogen-bond donors (Lipinski definition) is 1. The minimum atomic E-state index is -0.248. The van der Waals surface area contributed by atoms with E-state index in [-0.39, 0.29) is 5.82 Å². The van der Waals surface area contributed by atoms with Gasteiger partial charge in [-0.3, -0.25) is 0 Å². The molecular weight excluding hydrogens is 265 g/mol. The van der Waals surface area contributed by atoms with Gasteiger partial charge in [-0.15, -0.1) is 0 Å². The van der Waals surface area contributed by atoms with Crippen LogP contribution in [0.2, 0.25) is 0 Å². The van der Waals surface area contributed by atoms with Crippen molar-refractivity contribution in [1.29, 1.82) is 0 Å². The molecule has 1 N–H and O–H groups in total. The van der Waals surface area contributed by atoms with Crippen LogP contribution in [0.15, 0.2) is 42.5 Å². The molecular formula is C18H22FNO. The first-order valence-corrected chi connectivity index (χ1v) is 7.41. The fraction of sp³-hybridized carbons (Fsp3) is 0.333. The van der Waals surface area contributed by atoms with Gasteiger partial charge in [0.25, 0.3) is 0 Å². The first kappa shape index (κ1) is 15.5. The molecule has 2 aromatic rings. The van der Waals surface area contributed by atoms with Crippen molar-refractivity contribution in [1.82, 2.24) is 5.32 Å². The van der Waals surface area contributed by atoms with E-state index in [2.05, 4.69) is 31.3 Å². The van der Waals surface area contributed by atoms with E-state index in [4.69, 9.17) is 4.74 Å². The minimum absolute atomic E-state index is 0.248. The van der Waals surface area contributed by atoms with Gasteiger partial charge in [0.1, 0.15) is 17.3 Å². The van der Waals surface area contributed by atoms with Gasteiger partial charge in [0, 0.05) is 12.1 Å². The topological polar surface area (TPSA) is 21.3 Å². The molecule has 21 heavy (non-hydrogen) atoms. The lowest BCUT2D eigenvalue weighted by atomic mass is 10.0. The molecule has 2 aromatic carbocycles. The third-order valence-corrected chi connectivity index (χ3v) is 3.52. The van der Waals surface area contributed by atoms with Crippen molar-refractivity contribution in [3.8, 4) is 11.5 Å². The van der Waals surface area contributed by atoms with Crippen LogP contribution in [0.4, 0.5) is 4.39 Å². The van der Waals surface area contributed by atoms with E-state index < -0.39 is 0 Å². The molecule has 0 aliphatic carbocycles. The van der Waals surface area contributed by atoms with Crippen molar-refractivity contribution in [2.45, 2.75) is 33.2 Å². The lowest BCUT2D eigenvalue weighted by Gasteiger charge is -2.16. The van der Waals surface area contributed by atoms with Gasteiger partial charge >= 0.3 is 0 Å². The summed E-state index contributed by atoms with van der Waals surface area (Å²) < 4.78 is 19.2. The maximum absolute atomic E-state index is 13.5. The van der Waals surface area contributed by atoms with Gasteiger partial charge in [-0.1, -0.05) is 32.0 Å². The lowest BCUT2D eigenvalue weighted by molar-refractivity contribution is 0.474. The summed E-state index contributed by atoms with van der Waals surface area (Å²) in [6.45, 7) is 6.94. The van der Waals surface area contributed by atoms with Crippen molar-refractivity contribution >= 4 is 0 Å². The van der Waals surface area contributed by atoms with Gasteiger partial charge in [-0.2, -0.15) is 0 Å². The number of halogens is 1. The van der Waals surface area contributed by atoms with Crippen molar-refractivity contribution < 1.29 is 9.13 Å². The normalized spacial score (nSPS) is 12.2. The van der Waals surface area contributed by atoms with Crippen molar-refractivity contribution in [3.63, 3.8) is 0 Å². The van der Waals surface area contributed by atoms with Gasteiger partial charge in [-0.05, 0) is 49.2 Å². The van der Waals surface area contributed by atoms with Crippen LogP contribution in [-0.4, -0.2) is 6.54 Å². The SMILES string of the molecule is CCNC(CC)c1ccc(Oc2ccc(C)c(F)c2)cc1. The van der Waals surface area contributed by atoms with Crippen LogP contribution < -0.4 is 10.1 Å². The molecule has 0 heterocycles. The van der Waals surface area contributed by atoms with E-state index in [0.717, 1.165) is 13.0 Å². The predicted octanol–water partition coefficient (Wildman–Crippen LogP) is 4.99. The first-order chi connectivity index (χ1) is 10.1. The van der Waals surface area contributed by atoms with E-state index in [0.29, 0.717) is 23.1 Å². The smallest absolute Gasteiger partial charge is 0.130 e. The molecule has 0 spiro atoms. The Bertz CT molecular complexity index is 580. The average molecular weight is 287 g/mol. The van der Waals surface area contributed by atoms with Gasteiger partial charge < -0.3 is 10.1 Å². The third-order valence-electron chi connectivity index (χ3n) is 3.52. The zero-order valence-corrected chi connectivity index (χ0v) is 12.8. The predicted molar refractivity (Wildman–Crippen MR) is 84.4 cm³/mol. The maximum Gasteiger partial charge on any atom is 0.130 e. The quantitative estimate of drug-likeness (QED) is 0.808. The monoisotopic (exact) mass is 287 g/mol. The molecule has 1 atom stereocenters. The molecule has 112 valence electrons. The molecule has 1 unspecified atom stereocenters. The fourth-order valence-electron chi connectivity index (χ4n) is 2.29. The molecule has 2 rings (SSSR count). The van der Waals surface area contributed by atoms with Gasteiger partial charge in [-0.25, -0.2) is 4.39 Å². The minimum Gasteiger partial charge on any atom is -0.457 e. The summed E-state index contributed by atoms with van der Waals surface area (Å²) in [6.07, 6.45) is 1.04. The van der Waals surface area contributed by atoms with Crippen LogP contribution in [0.5, 0.6) is 11.5 Å². The molecule has 2 nitrogen and oxygen atoms in total. The molecule has 0 saturated heterocycles. The summed E-state index contributed by atoms with van der Waals surface area (Å²) in [5, 5.41) is 3.44. The molecule has 0 aliphatic heterocycles. The maximum atomic E-state index is 13.5. The van der Waals surface area contributed by atoms with Crippen LogP contribution in [0.1, 0.15) is 37.4 Å². The number of rotatable bonds is 6. The summed E-state index contributed by atoms with van der Waals surface area (Å²) in [5.41, 5.74) is 1.86. The van der Waals surface area contributed by atoms with E-state index in [9.17, 15) is 4.39 Å². The molecule has 0 amide bonds. The number of ether oxygens (including phenoxy) is 1. The Morgan fingerprint density at radius 3 is 2.29 bits per heavy atom. The van der Waals surface area contributed by atoms with Gasteiger partial charge in [0.2, 0.25) is 0 Å². The van der Waals surface area contributed by atoms with Crippen LogP contribution >= 0.6 is 0 Å². The summed E-state index contributed by atoms with van der Waals surface area (Å²) >= 11 is 0. The zero-order chi connectivity index (χ0) is 15.2. The largest absolute Gasteiger partial charge is 0.457 e. The second-order valence-electron chi connectivity index (χ2n) is 5.10. The lowest BCUT2D eigenvalue weighted by Crippen LogP contribution is -2.19. The second kappa shape index (κ2) is 7.23. The van der Waals surface area contributed by atoms with Crippen LogP contribution in [0, 0.1) is 12.7 Å². The van der Waals surface area contributed by atoms with E-state index in [1.54, 1.807) is 19.1 Å². The van der Waals surface area contributed by atoms with Crippen LogP contribution in [0.3, 0.4) is 0 Å². The Morgan fingerprint density at radius 2 is 1.71 bits per heavy atom. The van der Waals surface area contributed by atoms with E-state index in [1.807, 2.05) is 12.1 Å². The molecule has 0 bridgehead atoms. The highest BCUT2D eigenvalue weighted by atomic mass is 19.1. The van der Waals surface area contributed by atoms with Crippen molar-refractivity contribution in [3.05, 3.63) is 59.4 Å². The summed E-state index contributed by atoms with van der Waals surface area (Å²) in [4.78, 5) is 0. The molecule has 0 aliphatic rings. The van der Waals surface area contributed by atoms with Crippen LogP contribution in [-0.2, 0) is 0 Å². The third kappa shape index (κ3) is 4.05. The van der Waals surface area contributed by atoms with Gasteiger partial charge in [0.05, 0.1) is 0 Å². The Balaban J connectivity index is 2.09. The Kier molecular flexibility index (Phi) is 5.34. The summed E-state index contributed by atoms with van der Waals surface area (Å²) in [6, 6.07) is 13.2. The molecule has 0 aromatic heterocycles.